The molecular weight excluding hydrogens is 350 g/mol. The van der Waals surface area contributed by atoms with Gasteiger partial charge in [-0.2, -0.15) is 0 Å². The summed E-state index contributed by atoms with van der Waals surface area (Å²) in [5, 5.41) is 0. The fourth-order valence-corrected chi connectivity index (χ4v) is 4.04. The van der Waals surface area contributed by atoms with E-state index in [1.165, 1.54) is 12.1 Å². The molecule has 0 atom stereocenters. The van der Waals surface area contributed by atoms with Gasteiger partial charge in [0.05, 0.1) is 4.90 Å². The van der Waals surface area contributed by atoms with Crippen LogP contribution in [-0.2, 0) is 10.0 Å². The van der Waals surface area contributed by atoms with Gasteiger partial charge in [0.25, 0.3) is 15.9 Å². The van der Waals surface area contributed by atoms with Crippen LogP contribution < -0.4 is 9.62 Å². The van der Waals surface area contributed by atoms with E-state index in [0.717, 1.165) is 31.6 Å². The molecule has 0 unspecified atom stereocenters. The molecular formula is C19H23N3O3S. The minimum atomic E-state index is -3.76. The zero-order valence-corrected chi connectivity index (χ0v) is 15.8. The number of hydrogen-bond acceptors (Lipinski definition) is 4. The monoisotopic (exact) mass is 373 g/mol. The van der Waals surface area contributed by atoms with Crippen LogP contribution in [0.5, 0.6) is 0 Å². The summed E-state index contributed by atoms with van der Waals surface area (Å²) in [7, 11) is 0.0771. The first-order chi connectivity index (χ1) is 12.4. The van der Waals surface area contributed by atoms with Gasteiger partial charge in [0.1, 0.15) is 0 Å². The van der Waals surface area contributed by atoms with Crippen molar-refractivity contribution in [1.29, 1.82) is 0 Å². The number of nitrogens with zero attached hydrogens (tertiary/aromatic N) is 2. The number of amides is 1. The van der Waals surface area contributed by atoms with Crippen molar-refractivity contribution in [2.24, 2.45) is 0 Å². The van der Waals surface area contributed by atoms with Crippen molar-refractivity contribution < 1.29 is 13.2 Å². The molecule has 1 heterocycles. The average Bonchev–Trinajstić information content (AvgIpc) is 3.16. The van der Waals surface area contributed by atoms with Gasteiger partial charge < -0.3 is 9.80 Å². The Morgan fingerprint density at radius 1 is 1.04 bits per heavy atom. The lowest BCUT2D eigenvalue weighted by atomic mass is 10.2. The molecule has 0 bridgehead atoms. The van der Waals surface area contributed by atoms with E-state index < -0.39 is 10.0 Å². The van der Waals surface area contributed by atoms with Crippen LogP contribution in [0.3, 0.4) is 0 Å². The Hall–Kier alpha value is -2.54. The van der Waals surface area contributed by atoms with Crippen molar-refractivity contribution >= 4 is 27.3 Å². The normalized spacial score (nSPS) is 14.3. The summed E-state index contributed by atoms with van der Waals surface area (Å²) in [6.07, 6.45) is 1.99. The van der Waals surface area contributed by atoms with E-state index >= 15 is 0 Å². The lowest BCUT2D eigenvalue weighted by Gasteiger charge is -2.16. The van der Waals surface area contributed by atoms with E-state index in [1.807, 2.05) is 31.1 Å². The van der Waals surface area contributed by atoms with Gasteiger partial charge in [0.15, 0.2) is 0 Å². The molecule has 7 heteroatoms. The second kappa shape index (κ2) is 7.37. The number of nitrogens with one attached hydrogen (secondary N) is 1. The number of sulfonamides is 1. The first-order valence-corrected chi connectivity index (χ1v) is 10.0. The highest BCUT2D eigenvalue weighted by atomic mass is 32.2. The minimum Gasteiger partial charge on any atom is -0.378 e. The Morgan fingerprint density at radius 3 is 2.31 bits per heavy atom. The van der Waals surface area contributed by atoms with E-state index in [4.69, 9.17) is 0 Å². The molecule has 1 amide bonds. The summed E-state index contributed by atoms with van der Waals surface area (Å²) in [6, 6.07) is 13.3. The lowest BCUT2D eigenvalue weighted by Crippen LogP contribution is -2.27. The average molecular weight is 373 g/mol. The molecule has 26 heavy (non-hydrogen) atoms. The van der Waals surface area contributed by atoms with Crippen LogP contribution in [0, 0.1) is 0 Å². The first-order valence-electron chi connectivity index (χ1n) is 8.56. The molecule has 3 rings (SSSR count). The molecule has 138 valence electrons. The molecule has 2 aromatic rings. The molecule has 6 nitrogen and oxygen atoms in total. The van der Waals surface area contributed by atoms with Crippen LogP contribution >= 0.6 is 0 Å². The van der Waals surface area contributed by atoms with Crippen LogP contribution in [0.25, 0.3) is 0 Å². The van der Waals surface area contributed by atoms with Crippen LogP contribution in [0.15, 0.2) is 53.4 Å². The molecule has 0 aliphatic carbocycles. The molecule has 2 aromatic carbocycles. The molecule has 1 saturated heterocycles. The van der Waals surface area contributed by atoms with Crippen molar-refractivity contribution in [3.05, 3.63) is 54.1 Å². The smallest absolute Gasteiger partial charge is 0.261 e. The van der Waals surface area contributed by atoms with Gasteiger partial charge in [-0.25, -0.2) is 8.42 Å². The molecule has 0 aromatic heterocycles. The fourth-order valence-electron chi connectivity index (χ4n) is 2.94. The maximum atomic E-state index is 12.7. The number of likely N-dealkylation sites (tertiary alicyclic amines) is 1. The van der Waals surface area contributed by atoms with Crippen LogP contribution in [-0.4, -0.2) is 46.4 Å². The summed E-state index contributed by atoms with van der Waals surface area (Å²) in [4.78, 5) is 16.3. The molecule has 1 N–H and O–H groups in total. The van der Waals surface area contributed by atoms with Crippen LogP contribution in [0.2, 0.25) is 0 Å². The first kappa shape index (κ1) is 18.3. The standard InChI is InChI=1S/C19H23N3O3S/c1-21(2)17-10-8-16(9-11-17)20-26(24,25)18-7-5-6-15(14-18)19(23)22-12-3-4-13-22/h5-11,14,20H,3-4,12-13H2,1-2H3. The van der Waals surface area contributed by atoms with E-state index in [2.05, 4.69) is 4.72 Å². The highest BCUT2D eigenvalue weighted by Gasteiger charge is 2.22. The number of carbonyl (C=O) groups excluding carboxylic acids is 1. The van der Waals surface area contributed by atoms with E-state index in [1.54, 1.807) is 29.2 Å². The topological polar surface area (TPSA) is 69.7 Å². The third kappa shape index (κ3) is 3.99. The SMILES string of the molecule is CN(C)c1ccc(NS(=O)(=O)c2cccc(C(=O)N3CCCC3)c2)cc1. The van der Waals surface area contributed by atoms with Crippen molar-refractivity contribution in [3.8, 4) is 0 Å². The van der Waals surface area contributed by atoms with Gasteiger partial charge in [-0.05, 0) is 55.3 Å². The van der Waals surface area contributed by atoms with E-state index in [-0.39, 0.29) is 10.8 Å². The van der Waals surface area contributed by atoms with Gasteiger partial charge in [-0.3, -0.25) is 9.52 Å². The Labute approximate surface area is 154 Å². The molecule has 1 fully saturated rings. The minimum absolute atomic E-state index is 0.0826. The molecule has 0 spiro atoms. The van der Waals surface area contributed by atoms with Crippen molar-refractivity contribution in [2.75, 3.05) is 36.8 Å². The maximum Gasteiger partial charge on any atom is 0.261 e. The van der Waals surface area contributed by atoms with Crippen molar-refractivity contribution in [3.63, 3.8) is 0 Å². The number of rotatable bonds is 5. The highest BCUT2D eigenvalue weighted by molar-refractivity contribution is 7.92. The quantitative estimate of drug-likeness (QED) is 0.875. The molecule has 1 aliphatic heterocycles. The Bertz CT molecular complexity index is 887. The Kier molecular flexibility index (Phi) is 5.18. The van der Waals surface area contributed by atoms with Gasteiger partial charge in [-0.1, -0.05) is 6.07 Å². The summed E-state index contributed by atoms with van der Waals surface area (Å²) in [5.41, 5.74) is 1.86. The third-order valence-corrected chi connectivity index (χ3v) is 5.80. The van der Waals surface area contributed by atoms with E-state index in [9.17, 15) is 13.2 Å². The summed E-state index contributed by atoms with van der Waals surface area (Å²) in [6.45, 7) is 1.46. The second-order valence-electron chi connectivity index (χ2n) is 6.57. The lowest BCUT2D eigenvalue weighted by molar-refractivity contribution is 0.0792. The van der Waals surface area contributed by atoms with Gasteiger partial charge in [-0.15, -0.1) is 0 Å². The third-order valence-electron chi connectivity index (χ3n) is 4.42. The number of hydrogen-bond donors (Lipinski definition) is 1. The largest absolute Gasteiger partial charge is 0.378 e. The van der Waals surface area contributed by atoms with Crippen LogP contribution in [0.1, 0.15) is 23.2 Å². The van der Waals surface area contributed by atoms with Gasteiger partial charge in [0.2, 0.25) is 0 Å². The number of benzene rings is 2. The van der Waals surface area contributed by atoms with Gasteiger partial charge >= 0.3 is 0 Å². The number of carbonyl (C=O) groups is 1. The Morgan fingerprint density at radius 2 is 1.69 bits per heavy atom. The predicted molar refractivity (Wildman–Crippen MR) is 103 cm³/mol. The molecule has 1 aliphatic rings. The van der Waals surface area contributed by atoms with Gasteiger partial charge in [0, 0.05) is 44.1 Å². The summed E-state index contributed by atoms with van der Waals surface area (Å²) in [5.74, 6) is -0.116. The number of anilines is 2. The van der Waals surface area contributed by atoms with Crippen molar-refractivity contribution in [2.45, 2.75) is 17.7 Å². The summed E-state index contributed by atoms with van der Waals surface area (Å²) >= 11 is 0. The van der Waals surface area contributed by atoms with Crippen LogP contribution in [0.4, 0.5) is 11.4 Å². The molecule has 0 radical (unpaired) electrons. The zero-order chi connectivity index (χ0) is 18.7. The second-order valence-corrected chi connectivity index (χ2v) is 8.26. The fraction of sp³-hybridized carbons (Fsp3) is 0.316. The molecule has 0 saturated carbocycles. The summed E-state index contributed by atoms with van der Waals surface area (Å²) < 4.78 is 27.9. The van der Waals surface area contributed by atoms with Crippen molar-refractivity contribution in [1.82, 2.24) is 4.90 Å². The van der Waals surface area contributed by atoms with E-state index in [0.29, 0.717) is 11.3 Å². The maximum absolute atomic E-state index is 12.7. The highest BCUT2D eigenvalue weighted by Crippen LogP contribution is 2.21. The predicted octanol–water partition coefficient (Wildman–Crippen LogP) is 2.79. The zero-order valence-electron chi connectivity index (χ0n) is 15.0. The Balaban J connectivity index is 1.80.